The molecule has 3 unspecified atom stereocenters. The summed E-state index contributed by atoms with van der Waals surface area (Å²) in [4.78, 5) is 0. The van der Waals surface area contributed by atoms with Crippen molar-refractivity contribution in [1.29, 1.82) is 0 Å². The number of rotatable bonds is 7. The van der Waals surface area contributed by atoms with Crippen molar-refractivity contribution in [3.63, 3.8) is 0 Å². The van der Waals surface area contributed by atoms with Gasteiger partial charge in [0, 0.05) is 12.1 Å². The standard InChI is InChI=1S/C18H31NO/c1-7-14(6)15-8-10-16(11-9-15)18(20)17(12(2)3)19-13(4)5/h8-14,17-20H,7H2,1-6H3. The molecule has 0 fully saturated rings. The van der Waals surface area contributed by atoms with Gasteiger partial charge in [0.1, 0.15) is 0 Å². The summed E-state index contributed by atoms with van der Waals surface area (Å²) in [5, 5.41) is 14.1. The van der Waals surface area contributed by atoms with E-state index in [2.05, 4.69) is 71.1 Å². The summed E-state index contributed by atoms with van der Waals surface area (Å²) in [6, 6.07) is 8.91. The van der Waals surface area contributed by atoms with E-state index in [1.807, 2.05) is 0 Å². The molecule has 0 aliphatic rings. The zero-order chi connectivity index (χ0) is 15.3. The number of benzene rings is 1. The van der Waals surface area contributed by atoms with Crippen LogP contribution in [-0.4, -0.2) is 17.2 Å². The minimum atomic E-state index is -0.455. The first-order valence-electron chi connectivity index (χ1n) is 7.90. The number of hydrogen-bond donors (Lipinski definition) is 2. The average Bonchev–Trinajstić information content (AvgIpc) is 2.43. The van der Waals surface area contributed by atoms with E-state index in [9.17, 15) is 5.11 Å². The molecule has 1 aromatic rings. The first-order chi connectivity index (χ1) is 9.36. The highest BCUT2D eigenvalue weighted by molar-refractivity contribution is 5.27. The molecule has 0 aliphatic heterocycles. The van der Waals surface area contributed by atoms with Gasteiger partial charge in [0.05, 0.1) is 6.10 Å². The molecule has 2 nitrogen and oxygen atoms in total. The van der Waals surface area contributed by atoms with E-state index in [1.54, 1.807) is 0 Å². The zero-order valence-corrected chi connectivity index (χ0v) is 13.9. The van der Waals surface area contributed by atoms with E-state index in [0.29, 0.717) is 17.9 Å². The van der Waals surface area contributed by atoms with Crippen LogP contribution in [0.1, 0.15) is 71.1 Å². The van der Waals surface area contributed by atoms with Gasteiger partial charge in [-0.2, -0.15) is 0 Å². The highest BCUT2D eigenvalue weighted by Gasteiger charge is 2.24. The van der Waals surface area contributed by atoms with Crippen LogP contribution >= 0.6 is 0 Å². The summed E-state index contributed by atoms with van der Waals surface area (Å²) in [7, 11) is 0. The summed E-state index contributed by atoms with van der Waals surface area (Å²) >= 11 is 0. The lowest BCUT2D eigenvalue weighted by Gasteiger charge is -2.30. The molecule has 2 N–H and O–H groups in total. The Kier molecular flexibility index (Phi) is 6.70. The average molecular weight is 277 g/mol. The Balaban J connectivity index is 2.86. The predicted octanol–water partition coefficient (Wildman–Crippen LogP) is 4.26. The summed E-state index contributed by atoms with van der Waals surface area (Å²) in [6.07, 6.45) is 0.689. The van der Waals surface area contributed by atoms with Crippen LogP contribution in [0.25, 0.3) is 0 Å². The number of aliphatic hydroxyl groups excluding tert-OH is 1. The monoisotopic (exact) mass is 277 g/mol. The molecule has 114 valence electrons. The van der Waals surface area contributed by atoms with Gasteiger partial charge in [-0.1, -0.05) is 65.8 Å². The second-order valence-corrected chi connectivity index (χ2v) is 6.51. The molecule has 1 rings (SSSR count). The fourth-order valence-corrected chi connectivity index (χ4v) is 2.50. The third-order valence-corrected chi connectivity index (χ3v) is 4.04. The second-order valence-electron chi connectivity index (χ2n) is 6.51. The molecule has 0 heterocycles. The summed E-state index contributed by atoms with van der Waals surface area (Å²) in [5.41, 5.74) is 2.35. The normalized spacial score (nSPS) is 16.4. The zero-order valence-electron chi connectivity index (χ0n) is 13.9. The summed E-state index contributed by atoms with van der Waals surface area (Å²) < 4.78 is 0. The molecule has 0 saturated carbocycles. The Hall–Kier alpha value is -0.860. The first kappa shape index (κ1) is 17.2. The van der Waals surface area contributed by atoms with E-state index < -0.39 is 6.10 Å². The van der Waals surface area contributed by atoms with Gasteiger partial charge in [-0.15, -0.1) is 0 Å². The Morgan fingerprint density at radius 2 is 1.45 bits per heavy atom. The van der Waals surface area contributed by atoms with Gasteiger partial charge in [-0.05, 0) is 29.4 Å². The molecule has 0 aromatic heterocycles. The molecule has 0 bridgehead atoms. The lowest BCUT2D eigenvalue weighted by Crippen LogP contribution is -2.43. The summed E-state index contributed by atoms with van der Waals surface area (Å²) in [5.74, 6) is 0.970. The van der Waals surface area contributed by atoms with Crippen molar-refractivity contribution in [2.45, 2.75) is 72.1 Å². The van der Waals surface area contributed by atoms with Crippen LogP contribution in [0, 0.1) is 5.92 Å². The Bertz CT molecular complexity index is 383. The smallest absolute Gasteiger partial charge is 0.0945 e. The van der Waals surface area contributed by atoms with Crippen LogP contribution in [0.15, 0.2) is 24.3 Å². The number of nitrogens with one attached hydrogen (secondary N) is 1. The van der Waals surface area contributed by atoms with Gasteiger partial charge in [-0.3, -0.25) is 0 Å². The van der Waals surface area contributed by atoms with E-state index in [-0.39, 0.29) is 6.04 Å². The Morgan fingerprint density at radius 1 is 0.950 bits per heavy atom. The Labute approximate surface area is 124 Å². The van der Waals surface area contributed by atoms with Crippen LogP contribution in [0.4, 0.5) is 0 Å². The molecular formula is C18H31NO. The molecule has 0 amide bonds. The molecule has 0 spiro atoms. The topological polar surface area (TPSA) is 32.3 Å². The van der Waals surface area contributed by atoms with Crippen molar-refractivity contribution >= 4 is 0 Å². The van der Waals surface area contributed by atoms with Gasteiger partial charge in [0.15, 0.2) is 0 Å². The van der Waals surface area contributed by atoms with Crippen molar-refractivity contribution in [1.82, 2.24) is 5.32 Å². The van der Waals surface area contributed by atoms with Crippen LogP contribution in [0.5, 0.6) is 0 Å². The minimum absolute atomic E-state index is 0.0875. The predicted molar refractivity (Wildman–Crippen MR) is 87.0 cm³/mol. The number of aliphatic hydroxyl groups is 1. The quantitative estimate of drug-likeness (QED) is 0.780. The third kappa shape index (κ3) is 4.60. The van der Waals surface area contributed by atoms with Crippen molar-refractivity contribution in [2.24, 2.45) is 5.92 Å². The van der Waals surface area contributed by atoms with Gasteiger partial charge < -0.3 is 10.4 Å². The van der Waals surface area contributed by atoms with Crippen LogP contribution in [0.2, 0.25) is 0 Å². The highest BCUT2D eigenvalue weighted by atomic mass is 16.3. The van der Waals surface area contributed by atoms with Crippen LogP contribution < -0.4 is 5.32 Å². The Morgan fingerprint density at radius 3 is 1.85 bits per heavy atom. The van der Waals surface area contributed by atoms with Crippen LogP contribution in [0.3, 0.4) is 0 Å². The summed E-state index contributed by atoms with van der Waals surface area (Å²) in [6.45, 7) is 13.0. The van der Waals surface area contributed by atoms with Gasteiger partial charge >= 0.3 is 0 Å². The number of hydrogen-bond acceptors (Lipinski definition) is 2. The van der Waals surface area contributed by atoms with Crippen molar-refractivity contribution in [3.05, 3.63) is 35.4 Å². The molecule has 3 atom stereocenters. The van der Waals surface area contributed by atoms with Crippen molar-refractivity contribution in [3.8, 4) is 0 Å². The van der Waals surface area contributed by atoms with Crippen LogP contribution in [-0.2, 0) is 0 Å². The molecule has 20 heavy (non-hydrogen) atoms. The molecule has 0 saturated heterocycles. The van der Waals surface area contributed by atoms with Gasteiger partial charge in [0.25, 0.3) is 0 Å². The van der Waals surface area contributed by atoms with Gasteiger partial charge in [-0.25, -0.2) is 0 Å². The minimum Gasteiger partial charge on any atom is -0.387 e. The SMILES string of the molecule is CCC(C)c1ccc(C(O)C(NC(C)C)C(C)C)cc1. The molecule has 1 aromatic carbocycles. The van der Waals surface area contributed by atoms with E-state index in [1.165, 1.54) is 5.56 Å². The fourth-order valence-electron chi connectivity index (χ4n) is 2.50. The highest BCUT2D eigenvalue weighted by Crippen LogP contribution is 2.25. The fraction of sp³-hybridized carbons (Fsp3) is 0.667. The maximum atomic E-state index is 10.6. The van der Waals surface area contributed by atoms with Crippen molar-refractivity contribution < 1.29 is 5.11 Å². The van der Waals surface area contributed by atoms with E-state index in [4.69, 9.17) is 0 Å². The third-order valence-electron chi connectivity index (χ3n) is 4.04. The second kappa shape index (κ2) is 7.80. The molecular weight excluding hydrogens is 246 g/mol. The molecule has 0 aliphatic carbocycles. The maximum Gasteiger partial charge on any atom is 0.0945 e. The molecule has 2 heteroatoms. The first-order valence-corrected chi connectivity index (χ1v) is 7.90. The molecule has 0 radical (unpaired) electrons. The largest absolute Gasteiger partial charge is 0.387 e. The van der Waals surface area contributed by atoms with Crippen molar-refractivity contribution in [2.75, 3.05) is 0 Å². The lowest BCUT2D eigenvalue weighted by atomic mass is 9.91. The van der Waals surface area contributed by atoms with E-state index >= 15 is 0 Å². The lowest BCUT2D eigenvalue weighted by molar-refractivity contribution is 0.100. The van der Waals surface area contributed by atoms with E-state index in [0.717, 1.165) is 12.0 Å². The maximum absolute atomic E-state index is 10.6. The van der Waals surface area contributed by atoms with Gasteiger partial charge in [0.2, 0.25) is 0 Å².